The van der Waals surface area contributed by atoms with Gasteiger partial charge < -0.3 is 18.8 Å². The zero-order valence-electron chi connectivity index (χ0n) is 21.0. The van der Waals surface area contributed by atoms with E-state index >= 15 is 0 Å². The van der Waals surface area contributed by atoms with E-state index < -0.39 is 22.1 Å². The maximum Gasteiger partial charge on any atom is 0.347 e. The van der Waals surface area contributed by atoms with Crippen molar-refractivity contribution in [3.8, 4) is 17.2 Å². The standard InChI is InChI=1S/C28H31NO5S/c1-19-25(27(30)34-22-15-11-8-12-16-22)24(33-18-21-13-9-7-10-14-21)17-23(26(19)32-6)20(2)29-35(31)28(3,4)5/h7-17H,18H2,1-6H3/b29-20+/t35-/m0/s1. The molecule has 0 aromatic heterocycles. The molecule has 0 spiro atoms. The molecule has 0 bridgehead atoms. The highest BCUT2D eigenvalue weighted by Crippen LogP contribution is 2.36. The number of carbonyl (C=O) groups excluding carboxylic acids is 1. The Labute approximate surface area is 210 Å². The maximum atomic E-state index is 13.3. The molecule has 3 aromatic carbocycles. The van der Waals surface area contributed by atoms with Gasteiger partial charge in [-0.3, -0.25) is 0 Å². The van der Waals surface area contributed by atoms with Crippen molar-refractivity contribution in [2.45, 2.75) is 46.0 Å². The molecule has 0 amide bonds. The molecule has 35 heavy (non-hydrogen) atoms. The first kappa shape index (κ1) is 26.3. The number of nitrogens with zero attached hydrogens (tertiary/aromatic N) is 1. The van der Waals surface area contributed by atoms with Gasteiger partial charge in [-0.15, -0.1) is 0 Å². The normalized spacial score (nSPS) is 12.7. The van der Waals surface area contributed by atoms with Crippen molar-refractivity contribution < 1.29 is 23.6 Å². The van der Waals surface area contributed by atoms with Crippen molar-refractivity contribution in [1.29, 1.82) is 0 Å². The molecule has 0 saturated heterocycles. The van der Waals surface area contributed by atoms with Crippen molar-refractivity contribution in [2.24, 2.45) is 4.40 Å². The first-order chi connectivity index (χ1) is 16.6. The van der Waals surface area contributed by atoms with E-state index in [-0.39, 0.29) is 12.2 Å². The first-order valence-electron chi connectivity index (χ1n) is 11.2. The van der Waals surface area contributed by atoms with Gasteiger partial charge in [0, 0.05) is 11.1 Å². The summed E-state index contributed by atoms with van der Waals surface area (Å²) >= 11 is -1.47. The second-order valence-electron chi connectivity index (χ2n) is 8.97. The molecule has 3 aromatic rings. The van der Waals surface area contributed by atoms with Gasteiger partial charge >= 0.3 is 5.97 Å². The zero-order valence-corrected chi connectivity index (χ0v) is 21.8. The fraction of sp³-hybridized carbons (Fsp3) is 0.286. The van der Waals surface area contributed by atoms with Crippen LogP contribution in [0.25, 0.3) is 0 Å². The van der Waals surface area contributed by atoms with Crippen LogP contribution in [-0.2, 0) is 18.0 Å². The number of hydrogen-bond donors (Lipinski definition) is 0. The highest BCUT2D eigenvalue weighted by Gasteiger charge is 2.29. The quantitative estimate of drug-likeness (QED) is 0.165. The summed E-state index contributed by atoms with van der Waals surface area (Å²) in [5.41, 5.74) is 2.87. The van der Waals surface area contributed by atoms with E-state index in [1.165, 1.54) is 7.11 Å². The Bertz CT molecular complexity index is 1190. The summed E-state index contributed by atoms with van der Waals surface area (Å²) < 4.78 is 34.0. The largest absolute Gasteiger partial charge is 0.591 e. The van der Waals surface area contributed by atoms with Crippen LogP contribution in [-0.4, -0.2) is 28.1 Å². The van der Waals surface area contributed by atoms with E-state index in [0.717, 1.165) is 5.56 Å². The van der Waals surface area contributed by atoms with E-state index in [4.69, 9.17) is 14.2 Å². The highest BCUT2D eigenvalue weighted by molar-refractivity contribution is 7.91. The second kappa shape index (κ2) is 11.4. The lowest BCUT2D eigenvalue weighted by atomic mass is 9.99. The van der Waals surface area contributed by atoms with Gasteiger partial charge in [0.1, 0.15) is 45.5 Å². The summed E-state index contributed by atoms with van der Waals surface area (Å²) in [4.78, 5) is 13.3. The van der Waals surface area contributed by atoms with Gasteiger partial charge in [-0.1, -0.05) is 52.9 Å². The molecule has 3 rings (SSSR count). The highest BCUT2D eigenvalue weighted by atomic mass is 32.2. The molecule has 1 atom stereocenters. The predicted octanol–water partition coefficient (Wildman–Crippen LogP) is 6.07. The molecule has 0 fully saturated rings. The first-order valence-corrected chi connectivity index (χ1v) is 12.4. The SMILES string of the molecule is COc1c(/C(C)=N/[S@@+]([O-])C(C)(C)C)cc(OCc2ccccc2)c(C(=O)Oc2ccccc2)c1C. The minimum Gasteiger partial charge on any atom is -0.591 e. The molecule has 0 aliphatic rings. The van der Waals surface area contributed by atoms with Crippen LogP contribution in [0.5, 0.6) is 17.2 Å². The van der Waals surface area contributed by atoms with Crippen LogP contribution in [0, 0.1) is 6.92 Å². The lowest BCUT2D eigenvalue weighted by Gasteiger charge is -2.21. The summed E-state index contributed by atoms with van der Waals surface area (Å²) in [6.45, 7) is 9.37. The molecule has 0 aliphatic heterocycles. The number of rotatable bonds is 8. The molecule has 6 nitrogen and oxygen atoms in total. The molecule has 0 radical (unpaired) electrons. The molecular weight excluding hydrogens is 462 g/mol. The van der Waals surface area contributed by atoms with Crippen LogP contribution in [0.2, 0.25) is 0 Å². The molecule has 0 heterocycles. The predicted molar refractivity (Wildman–Crippen MR) is 140 cm³/mol. The van der Waals surface area contributed by atoms with Crippen LogP contribution >= 0.6 is 0 Å². The van der Waals surface area contributed by atoms with Crippen LogP contribution < -0.4 is 14.2 Å². The number of esters is 1. The topological polar surface area (TPSA) is 80.2 Å². The molecule has 0 N–H and O–H groups in total. The second-order valence-corrected chi connectivity index (χ2v) is 10.9. The minimum absolute atomic E-state index is 0.252. The number of hydrogen-bond acceptors (Lipinski definition) is 6. The third kappa shape index (κ3) is 6.65. The average Bonchev–Trinajstić information content (AvgIpc) is 2.82. The van der Waals surface area contributed by atoms with Crippen LogP contribution in [0.15, 0.2) is 71.1 Å². The Morgan fingerprint density at radius 1 is 1.03 bits per heavy atom. The molecule has 0 unspecified atom stereocenters. The van der Waals surface area contributed by atoms with E-state index in [1.54, 1.807) is 44.2 Å². The number of benzene rings is 3. The smallest absolute Gasteiger partial charge is 0.347 e. The van der Waals surface area contributed by atoms with Gasteiger partial charge in [-0.25, -0.2) is 4.79 Å². The number of carbonyl (C=O) groups is 1. The minimum atomic E-state index is -1.47. The monoisotopic (exact) mass is 493 g/mol. The van der Waals surface area contributed by atoms with Gasteiger partial charge in [0.25, 0.3) is 0 Å². The van der Waals surface area contributed by atoms with Crippen LogP contribution in [0.3, 0.4) is 0 Å². The molecular formula is C28H31NO5S. The number of para-hydroxylation sites is 1. The van der Waals surface area contributed by atoms with Gasteiger partial charge in [0.2, 0.25) is 0 Å². The Hall–Kier alpha value is -3.29. The van der Waals surface area contributed by atoms with Gasteiger partial charge in [-0.2, -0.15) is 0 Å². The van der Waals surface area contributed by atoms with Gasteiger partial charge in [0.15, 0.2) is 0 Å². The van der Waals surface area contributed by atoms with Crippen LogP contribution in [0.4, 0.5) is 0 Å². The fourth-order valence-electron chi connectivity index (χ4n) is 3.36. The third-order valence-corrected chi connectivity index (χ3v) is 6.70. The summed E-state index contributed by atoms with van der Waals surface area (Å²) in [5, 5.41) is 0. The Kier molecular flexibility index (Phi) is 8.59. The third-order valence-electron chi connectivity index (χ3n) is 5.21. The average molecular weight is 494 g/mol. The lowest BCUT2D eigenvalue weighted by Crippen LogP contribution is -2.26. The van der Waals surface area contributed by atoms with Crippen molar-refractivity contribution in [3.05, 3.63) is 89.0 Å². The molecule has 0 aliphatic carbocycles. The summed E-state index contributed by atoms with van der Waals surface area (Å²) in [6, 6.07) is 20.2. The number of ether oxygens (including phenoxy) is 3. The lowest BCUT2D eigenvalue weighted by molar-refractivity contribution is 0.0728. The van der Waals surface area contributed by atoms with Crippen molar-refractivity contribution in [3.63, 3.8) is 0 Å². The Morgan fingerprint density at radius 3 is 2.20 bits per heavy atom. The zero-order chi connectivity index (χ0) is 25.6. The molecule has 0 saturated carbocycles. The van der Waals surface area contributed by atoms with E-state index in [2.05, 4.69) is 4.40 Å². The van der Waals surface area contributed by atoms with Crippen molar-refractivity contribution in [1.82, 2.24) is 0 Å². The Balaban J connectivity index is 2.10. The Morgan fingerprint density at radius 2 is 1.63 bits per heavy atom. The van der Waals surface area contributed by atoms with E-state index in [9.17, 15) is 9.35 Å². The molecule has 7 heteroatoms. The molecule has 184 valence electrons. The number of methoxy groups -OCH3 is 1. The van der Waals surface area contributed by atoms with Crippen LogP contribution in [0.1, 0.15) is 54.7 Å². The fourth-order valence-corrected chi connectivity index (χ4v) is 3.98. The van der Waals surface area contributed by atoms with Gasteiger partial charge in [-0.05, 0) is 58.4 Å². The van der Waals surface area contributed by atoms with E-state index in [1.807, 2.05) is 57.2 Å². The van der Waals surface area contributed by atoms with E-state index in [0.29, 0.717) is 34.1 Å². The summed E-state index contributed by atoms with van der Waals surface area (Å²) in [6.07, 6.45) is 0. The summed E-state index contributed by atoms with van der Waals surface area (Å²) in [7, 11) is 1.52. The van der Waals surface area contributed by atoms with Gasteiger partial charge in [0.05, 0.1) is 12.8 Å². The summed E-state index contributed by atoms with van der Waals surface area (Å²) in [5.74, 6) is 0.644. The maximum absolute atomic E-state index is 13.3. The van der Waals surface area contributed by atoms with Crippen molar-refractivity contribution in [2.75, 3.05) is 7.11 Å². The van der Waals surface area contributed by atoms with Crippen molar-refractivity contribution >= 4 is 23.0 Å².